The summed E-state index contributed by atoms with van der Waals surface area (Å²) in [6, 6.07) is 16.6. The number of benzene rings is 2. The number of hydrogen-bond acceptors (Lipinski definition) is 5. The maximum atomic E-state index is 9.08. The van der Waals surface area contributed by atoms with E-state index in [-0.39, 0.29) is 6.61 Å². The van der Waals surface area contributed by atoms with Crippen LogP contribution in [0.2, 0.25) is 0 Å². The van der Waals surface area contributed by atoms with Crippen molar-refractivity contribution in [3.8, 4) is 11.5 Å². The van der Waals surface area contributed by atoms with Crippen molar-refractivity contribution in [3.63, 3.8) is 0 Å². The van der Waals surface area contributed by atoms with Gasteiger partial charge in [0.1, 0.15) is 18.1 Å². The van der Waals surface area contributed by atoms with E-state index in [9.17, 15) is 0 Å². The van der Waals surface area contributed by atoms with Crippen LogP contribution in [0.5, 0.6) is 11.5 Å². The minimum atomic E-state index is 0.0412. The van der Waals surface area contributed by atoms with Crippen LogP contribution in [0.1, 0.15) is 30.9 Å². The van der Waals surface area contributed by atoms with Gasteiger partial charge < -0.3 is 19.5 Å². The van der Waals surface area contributed by atoms with Crippen molar-refractivity contribution >= 4 is 0 Å². The first kappa shape index (κ1) is 23.6. The smallest absolute Gasteiger partial charge is 0.123 e. The average molecular weight is 427 g/mol. The maximum Gasteiger partial charge on any atom is 0.123 e. The zero-order valence-electron chi connectivity index (χ0n) is 19.1. The van der Waals surface area contributed by atoms with Gasteiger partial charge >= 0.3 is 0 Å². The lowest BCUT2D eigenvalue weighted by molar-refractivity contribution is 0.132. The summed E-state index contributed by atoms with van der Waals surface area (Å²) in [4.78, 5) is 5.15. The third kappa shape index (κ3) is 7.53. The van der Waals surface area contributed by atoms with Gasteiger partial charge in [0.05, 0.1) is 13.7 Å². The van der Waals surface area contributed by atoms with Crippen molar-refractivity contribution in [2.75, 3.05) is 53.0 Å². The highest BCUT2D eigenvalue weighted by Gasteiger charge is 2.22. The SMILES string of the molecule is CCN(Cc1ccccc1OCCO)C[C@@H]1CCCN(CCc2cccc(OC)c2)C1. The fourth-order valence-electron chi connectivity index (χ4n) is 4.46. The van der Waals surface area contributed by atoms with Crippen molar-refractivity contribution in [2.24, 2.45) is 5.92 Å². The molecule has 0 aromatic heterocycles. The molecular formula is C26H38N2O3. The molecule has 0 saturated carbocycles. The Morgan fingerprint density at radius 3 is 2.84 bits per heavy atom. The molecular weight excluding hydrogens is 388 g/mol. The lowest BCUT2D eigenvalue weighted by atomic mass is 9.96. The predicted octanol–water partition coefficient (Wildman–Crippen LogP) is 3.84. The monoisotopic (exact) mass is 426 g/mol. The zero-order chi connectivity index (χ0) is 21.9. The van der Waals surface area contributed by atoms with Crippen LogP contribution in [0.25, 0.3) is 0 Å². The molecule has 3 rings (SSSR count). The average Bonchev–Trinajstić information content (AvgIpc) is 2.82. The minimum absolute atomic E-state index is 0.0412. The number of nitrogens with zero attached hydrogens (tertiary/aromatic N) is 2. The second-order valence-electron chi connectivity index (χ2n) is 8.42. The van der Waals surface area contributed by atoms with Crippen molar-refractivity contribution in [3.05, 3.63) is 59.7 Å². The molecule has 5 nitrogen and oxygen atoms in total. The number of likely N-dealkylation sites (tertiary alicyclic amines) is 1. The topological polar surface area (TPSA) is 45.2 Å². The molecule has 2 aromatic rings. The lowest BCUT2D eigenvalue weighted by Gasteiger charge is -2.35. The summed E-state index contributed by atoms with van der Waals surface area (Å²) < 4.78 is 11.1. The number of aliphatic hydroxyl groups is 1. The van der Waals surface area contributed by atoms with Crippen LogP contribution in [0.15, 0.2) is 48.5 Å². The largest absolute Gasteiger partial charge is 0.497 e. The van der Waals surface area contributed by atoms with Crippen LogP contribution in [-0.4, -0.2) is 68.0 Å². The summed E-state index contributed by atoms with van der Waals surface area (Å²) in [6.45, 7) is 9.11. The van der Waals surface area contributed by atoms with Crippen LogP contribution in [0.3, 0.4) is 0 Å². The first-order valence-corrected chi connectivity index (χ1v) is 11.6. The maximum absolute atomic E-state index is 9.08. The number of hydrogen-bond donors (Lipinski definition) is 1. The van der Waals surface area contributed by atoms with Gasteiger partial charge in [0.15, 0.2) is 0 Å². The Morgan fingerprint density at radius 1 is 1.16 bits per heavy atom. The highest BCUT2D eigenvalue weighted by Crippen LogP contribution is 2.23. The standard InChI is InChI=1S/C26H38N2O3/c1-3-27(21-24-10-4-5-12-26(24)31-17-16-29)19-23-9-7-14-28(20-23)15-13-22-8-6-11-25(18-22)30-2/h4-6,8,10-12,18,23,29H,3,7,9,13-17,19-21H2,1-2H3/t23-/m0/s1. The van der Waals surface area contributed by atoms with Gasteiger partial charge in [-0.1, -0.05) is 37.3 Å². The highest BCUT2D eigenvalue weighted by atomic mass is 16.5. The van der Waals surface area contributed by atoms with E-state index in [4.69, 9.17) is 14.6 Å². The summed E-state index contributed by atoms with van der Waals surface area (Å²) in [5, 5.41) is 9.08. The van der Waals surface area contributed by atoms with Gasteiger partial charge in [-0.25, -0.2) is 0 Å². The first-order chi connectivity index (χ1) is 15.2. The predicted molar refractivity (Wildman–Crippen MR) is 126 cm³/mol. The van der Waals surface area contributed by atoms with Gasteiger partial charge in [-0.2, -0.15) is 0 Å². The summed E-state index contributed by atoms with van der Waals surface area (Å²) >= 11 is 0. The first-order valence-electron chi connectivity index (χ1n) is 11.6. The van der Waals surface area contributed by atoms with Crippen molar-refractivity contribution in [2.45, 2.75) is 32.7 Å². The summed E-state index contributed by atoms with van der Waals surface area (Å²) in [5.41, 5.74) is 2.54. The quantitative estimate of drug-likeness (QED) is 0.559. The Kier molecular flexibility index (Phi) is 9.66. The Hall–Kier alpha value is -2.08. The third-order valence-corrected chi connectivity index (χ3v) is 6.13. The molecule has 1 heterocycles. The number of para-hydroxylation sites is 1. The van der Waals surface area contributed by atoms with E-state index < -0.39 is 0 Å². The number of ether oxygens (including phenoxy) is 2. The Balaban J connectivity index is 1.51. The fourth-order valence-corrected chi connectivity index (χ4v) is 4.46. The van der Waals surface area contributed by atoms with E-state index in [2.05, 4.69) is 47.1 Å². The van der Waals surface area contributed by atoms with Crippen molar-refractivity contribution < 1.29 is 14.6 Å². The Labute approximate surface area is 187 Å². The molecule has 0 aliphatic carbocycles. The number of methoxy groups -OCH3 is 1. The Morgan fingerprint density at radius 2 is 2.03 bits per heavy atom. The lowest BCUT2D eigenvalue weighted by Crippen LogP contribution is -2.41. The zero-order valence-corrected chi connectivity index (χ0v) is 19.1. The van der Waals surface area contributed by atoms with Crippen LogP contribution < -0.4 is 9.47 Å². The second-order valence-corrected chi connectivity index (χ2v) is 8.42. The molecule has 1 atom stereocenters. The normalized spacial score (nSPS) is 17.1. The van der Waals surface area contributed by atoms with Crippen LogP contribution >= 0.6 is 0 Å². The molecule has 0 spiro atoms. The number of aliphatic hydroxyl groups excluding tert-OH is 1. The number of rotatable bonds is 12. The molecule has 5 heteroatoms. The summed E-state index contributed by atoms with van der Waals surface area (Å²) in [6.07, 6.45) is 3.64. The molecule has 0 radical (unpaired) electrons. The molecule has 0 unspecified atom stereocenters. The number of piperidine rings is 1. The van der Waals surface area contributed by atoms with Gasteiger partial charge in [-0.3, -0.25) is 4.90 Å². The molecule has 1 saturated heterocycles. The van der Waals surface area contributed by atoms with Gasteiger partial charge in [0, 0.05) is 31.7 Å². The molecule has 0 amide bonds. The Bertz CT molecular complexity index is 783. The van der Waals surface area contributed by atoms with E-state index in [0.29, 0.717) is 12.5 Å². The fraction of sp³-hybridized carbons (Fsp3) is 0.538. The molecule has 1 N–H and O–H groups in total. The molecule has 170 valence electrons. The van der Waals surface area contributed by atoms with E-state index >= 15 is 0 Å². The summed E-state index contributed by atoms with van der Waals surface area (Å²) in [5.74, 6) is 2.53. The van der Waals surface area contributed by atoms with Crippen LogP contribution in [-0.2, 0) is 13.0 Å². The van der Waals surface area contributed by atoms with Crippen LogP contribution in [0.4, 0.5) is 0 Å². The molecule has 31 heavy (non-hydrogen) atoms. The van der Waals surface area contributed by atoms with E-state index in [0.717, 1.165) is 44.1 Å². The van der Waals surface area contributed by atoms with E-state index in [1.807, 2.05) is 18.2 Å². The van der Waals surface area contributed by atoms with Gasteiger partial charge in [-0.15, -0.1) is 0 Å². The van der Waals surface area contributed by atoms with Gasteiger partial charge in [0.2, 0.25) is 0 Å². The molecule has 1 aliphatic rings. The highest BCUT2D eigenvalue weighted by molar-refractivity contribution is 5.33. The second kappa shape index (κ2) is 12.7. The van der Waals surface area contributed by atoms with Crippen molar-refractivity contribution in [1.82, 2.24) is 9.80 Å². The van der Waals surface area contributed by atoms with E-state index in [1.165, 1.54) is 37.1 Å². The van der Waals surface area contributed by atoms with Gasteiger partial charge in [0.25, 0.3) is 0 Å². The van der Waals surface area contributed by atoms with Gasteiger partial charge in [-0.05, 0) is 62.0 Å². The molecule has 0 bridgehead atoms. The third-order valence-electron chi connectivity index (χ3n) is 6.13. The summed E-state index contributed by atoms with van der Waals surface area (Å²) in [7, 11) is 1.73. The van der Waals surface area contributed by atoms with Crippen LogP contribution in [0, 0.1) is 5.92 Å². The van der Waals surface area contributed by atoms with E-state index in [1.54, 1.807) is 7.11 Å². The minimum Gasteiger partial charge on any atom is -0.497 e. The van der Waals surface area contributed by atoms with Crippen molar-refractivity contribution in [1.29, 1.82) is 0 Å². The molecule has 2 aromatic carbocycles. The molecule has 1 fully saturated rings. The molecule has 1 aliphatic heterocycles.